The van der Waals surface area contributed by atoms with Crippen molar-refractivity contribution in [1.82, 2.24) is 9.47 Å². The van der Waals surface area contributed by atoms with Crippen LogP contribution in [0.4, 0.5) is 11.4 Å². The van der Waals surface area contributed by atoms with Crippen molar-refractivity contribution in [1.29, 1.82) is 0 Å². The zero-order valence-electron chi connectivity index (χ0n) is 21.8. The van der Waals surface area contributed by atoms with Crippen LogP contribution in [-0.2, 0) is 25.6 Å². The van der Waals surface area contributed by atoms with Gasteiger partial charge >= 0.3 is 5.97 Å². The Morgan fingerprint density at radius 2 is 1.75 bits per heavy atom. The molecule has 1 aromatic carbocycles. The van der Waals surface area contributed by atoms with Gasteiger partial charge in [-0.15, -0.1) is 0 Å². The number of aromatic nitrogens is 1. The van der Waals surface area contributed by atoms with Crippen molar-refractivity contribution in [3.8, 4) is 0 Å². The summed E-state index contributed by atoms with van der Waals surface area (Å²) >= 11 is 0. The van der Waals surface area contributed by atoms with Crippen LogP contribution in [0, 0.1) is 13.8 Å². The van der Waals surface area contributed by atoms with Crippen LogP contribution in [0.2, 0.25) is 0 Å². The minimum Gasteiger partial charge on any atom is -0.462 e. The zero-order valence-corrected chi connectivity index (χ0v) is 21.8. The van der Waals surface area contributed by atoms with E-state index in [1.54, 1.807) is 20.0 Å². The largest absolute Gasteiger partial charge is 0.462 e. The number of likely N-dealkylation sites (N-methyl/N-ethyl adjacent to an activating group) is 1. The Kier molecular flexibility index (Phi) is 9.30. The predicted octanol–water partition coefficient (Wildman–Crippen LogP) is 3.25. The summed E-state index contributed by atoms with van der Waals surface area (Å²) in [4.78, 5) is 41.4. The van der Waals surface area contributed by atoms with E-state index in [0.717, 1.165) is 30.2 Å². The van der Waals surface area contributed by atoms with E-state index < -0.39 is 5.97 Å². The molecule has 1 saturated heterocycles. The highest BCUT2D eigenvalue weighted by Gasteiger charge is 2.22. The minimum absolute atomic E-state index is 0.104. The van der Waals surface area contributed by atoms with E-state index in [9.17, 15) is 14.4 Å². The Morgan fingerprint density at radius 1 is 1.08 bits per heavy atom. The van der Waals surface area contributed by atoms with E-state index in [0.29, 0.717) is 36.6 Å². The SMILES string of the molecule is CCOC(=O)c1c(/C=C/C(=O)N(C)CC(=O)Nc2ccc(N3CCOCC3)cc2)c(C)n(CC)c1C. The Hall–Kier alpha value is -3.59. The molecule has 2 heterocycles. The number of esters is 1. The fraction of sp³-hybridized carbons (Fsp3) is 0.444. The zero-order chi connectivity index (χ0) is 26.2. The average molecular weight is 497 g/mol. The summed E-state index contributed by atoms with van der Waals surface area (Å²) < 4.78 is 12.6. The second-order valence-electron chi connectivity index (χ2n) is 8.65. The number of hydrogen-bond acceptors (Lipinski definition) is 6. The number of carbonyl (C=O) groups excluding carboxylic acids is 3. The predicted molar refractivity (Wildman–Crippen MR) is 140 cm³/mol. The van der Waals surface area contributed by atoms with E-state index in [2.05, 4.69) is 10.2 Å². The highest BCUT2D eigenvalue weighted by atomic mass is 16.5. The molecule has 0 spiro atoms. The van der Waals surface area contributed by atoms with E-state index in [1.807, 2.05) is 49.6 Å². The number of nitrogens with zero attached hydrogens (tertiary/aromatic N) is 3. The van der Waals surface area contributed by atoms with Gasteiger partial charge in [0, 0.05) is 61.1 Å². The van der Waals surface area contributed by atoms with E-state index in [4.69, 9.17) is 9.47 Å². The van der Waals surface area contributed by atoms with Crippen LogP contribution >= 0.6 is 0 Å². The van der Waals surface area contributed by atoms with Crippen molar-refractivity contribution in [3.05, 3.63) is 52.9 Å². The highest BCUT2D eigenvalue weighted by Crippen LogP contribution is 2.25. The molecule has 1 aliphatic rings. The lowest BCUT2D eigenvalue weighted by Crippen LogP contribution is -2.36. The van der Waals surface area contributed by atoms with E-state index in [1.165, 1.54) is 11.0 Å². The molecule has 1 fully saturated rings. The molecule has 0 radical (unpaired) electrons. The van der Waals surface area contributed by atoms with Crippen LogP contribution in [0.3, 0.4) is 0 Å². The number of benzene rings is 1. The van der Waals surface area contributed by atoms with E-state index >= 15 is 0 Å². The molecule has 1 aromatic heterocycles. The second-order valence-corrected chi connectivity index (χ2v) is 8.65. The van der Waals surface area contributed by atoms with Gasteiger partial charge in [0.05, 0.1) is 31.9 Å². The fourth-order valence-electron chi connectivity index (χ4n) is 4.40. The average Bonchev–Trinajstić information content (AvgIpc) is 3.11. The van der Waals surface area contributed by atoms with Gasteiger partial charge in [-0.2, -0.15) is 0 Å². The van der Waals surface area contributed by atoms with Crippen molar-refractivity contribution >= 4 is 35.2 Å². The molecule has 0 atom stereocenters. The molecule has 0 unspecified atom stereocenters. The molecule has 2 amide bonds. The summed E-state index contributed by atoms with van der Waals surface area (Å²) in [5, 5.41) is 2.83. The molecular formula is C27H36N4O5. The quantitative estimate of drug-likeness (QED) is 0.423. The van der Waals surface area contributed by atoms with Crippen LogP contribution in [0.25, 0.3) is 6.08 Å². The molecule has 194 valence electrons. The number of carbonyl (C=O) groups is 3. The Morgan fingerprint density at radius 3 is 2.36 bits per heavy atom. The summed E-state index contributed by atoms with van der Waals surface area (Å²) in [7, 11) is 1.56. The van der Waals surface area contributed by atoms with Gasteiger partial charge in [0.15, 0.2) is 0 Å². The first kappa shape index (κ1) is 27.0. The Labute approximate surface area is 212 Å². The van der Waals surface area contributed by atoms with Gasteiger partial charge in [-0.05, 0) is 58.0 Å². The number of ether oxygens (including phenoxy) is 2. The van der Waals surface area contributed by atoms with Crippen LogP contribution in [0.15, 0.2) is 30.3 Å². The summed E-state index contributed by atoms with van der Waals surface area (Å²) in [5.41, 5.74) is 4.54. The second kappa shape index (κ2) is 12.4. The lowest BCUT2D eigenvalue weighted by atomic mass is 10.1. The van der Waals surface area contributed by atoms with Crippen molar-refractivity contribution in [2.45, 2.75) is 34.2 Å². The molecule has 3 rings (SSSR count). The summed E-state index contributed by atoms with van der Waals surface area (Å²) in [5.74, 6) is -1.05. The maximum atomic E-state index is 12.7. The molecule has 36 heavy (non-hydrogen) atoms. The Balaban J connectivity index is 1.62. The number of morpholine rings is 1. The van der Waals surface area contributed by atoms with Gasteiger partial charge in [0.25, 0.3) is 0 Å². The van der Waals surface area contributed by atoms with Crippen LogP contribution in [0.1, 0.15) is 41.2 Å². The first-order valence-corrected chi connectivity index (χ1v) is 12.3. The van der Waals surface area contributed by atoms with Crippen molar-refractivity contribution in [2.24, 2.45) is 0 Å². The van der Waals surface area contributed by atoms with Gasteiger partial charge in [0.1, 0.15) is 0 Å². The highest BCUT2D eigenvalue weighted by molar-refractivity contribution is 6.00. The van der Waals surface area contributed by atoms with Crippen LogP contribution in [0.5, 0.6) is 0 Å². The maximum Gasteiger partial charge on any atom is 0.340 e. The van der Waals surface area contributed by atoms with Crippen molar-refractivity contribution in [3.63, 3.8) is 0 Å². The summed E-state index contributed by atoms with van der Waals surface area (Å²) in [6.45, 7) is 11.5. The summed E-state index contributed by atoms with van der Waals surface area (Å²) in [6.07, 6.45) is 3.01. The molecule has 2 aromatic rings. The molecular weight excluding hydrogens is 460 g/mol. The van der Waals surface area contributed by atoms with Crippen molar-refractivity contribution in [2.75, 3.05) is 56.7 Å². The molecule has 0 aliphatic carbocycles. The number of hydrogen-bond donors (Lipinski definition) is 1. The molecule has 1 N–H and O–H groups in total. The topological polar surface area (TPSA) is 93.1 Å². The first-order chi connectivity index (χ1) is 17.3. The lowest BCUT2D eigenvalue weighted by Gasteiger charge is -2.28. The minimum atomic E-state index is -0.412. The number of nitrogens with one attached hydrogen (secondary N) is 1. The fourth-order valence-corrected chi connectivity index (χ4v) is 4.40. The van der Waals surface area contributed by atoms with Gasteiger partial charge < -0.3 is 29.2 Å². The van der Waals surface area contributed by atoms with Gasteiger partial charge in [-0.25, -0.2) is 4.79 Å². The standard InChI is InChI=1S/C27H36N4O5/c1-6-31-19(3)23(26(20(31)4)27(34)36-7-2)12-13-25(33)29(5)18-24(32)28-21-8-10-22(11-9-21)30-14-16-35-17-15-30/h8-13H,6-7,14-18H2,1-5H3,(H,28,32)/b13-12+. The smallest absolute Gasteiger partial charge is 0.340 e. The monoisotopic (exact) mass is 496 g/mol. The third-order valence-corrected chi connectivity index (χ3v) is 6.30. The van der Waals surface area contributed by atoms with E-state index in [-0.39, 0.29) is 25.0 Å². The van der Waals surface area contributed by atoms with Crippen molar-refractivity contribution < 1.29 is 23.9 Å². The normalized spacial score (nSPS) is 13.6. The number of rotatable bonds is 9. The lowest BCUT2D eigenvalue weighted by molar-refractivity contribution is -0.129. The number of anilines is 2. The third-order valence-electron chi connectivity index (χ3n) is 6.30. The molecule has 0 saturated carbocycles. The Bertz CT molecular complexity index is 1110. The molecule has 9 heteroatoms. The molecule has 1 aliphatic heterocycles. The third kappa shape index (κ3) is 6.34. The first-order valence-electron chi connectivity index (χ1n) is 12.3. The van der Waals surface area contributed by atoms with Crippen LogP contribution in [-0.4, -0.2) is 73.8 Å². The number of amides is 2. The summed E-state index contributed by atoms with van der Waals surface area (Å²) in [6, 6.07) is 7.63. The molecule has 9 nitrogen and oxygen atoms in total. The van der Waals surface area contributed by atoms with Gasteiger partial charge in [-0.3, -0.25) is 9.59 Å². The van der Waals surface area contributed by atoms with Gasteiger partial charge in [0.2, 0.25) is 11.8 Å². The van der Waals surface area contributed by atoms with Crippen LogP contribution < -0.4 is 10.2 Å². The molecule has 0 bridgehead atoms. The van der Waals surface area contributed by atoms with Gasteiger partial charge in [-0.1, -0.05) is 0 Å². The maximum absolute atomic E-state index is 12.7.